The van der Waals surface area contributed by atoms with E-state index in [-0.39, 0.29) is 5.97 Å². The maximum atomic E-state index is 11.2. The van der Waals surface area contributed by atoms with Gasteiger partial charge in [0, 0.05) is 0 Å². The number of hydrogen-bond acceptors (Lipinski definition) is 3. The van der Waals surface area contributed by atoms with Crippen molar-refractivity contribution in [3.05, 3.63) is 0 Å². The Morgan fingerprint density at radius 1 is 1.36 bits per heavy atom. The summed E-state index contributed by atoms with van der Waals surface area (Å²) in [7, 11) is 0. The maximum absolute atomic E-state index is 11.2. The zero-order valence-electron chi connectivity index (χ0n) is 9.58. The van der Waals surface area contributed by atoms with Crippen LogP contribution in [0.3, 0.4) is 0 Å². The Morgan fingerprint density at radius 3 is 2.50 bits per heavy atom. The molecule has 0 aliphatic carbocycles. The highest BCUT2D eigenvalue weighted by atomic mass is 16.5. The minimum atomic E-state index is -0.431. The highest BCUT2D eigenvalue weighted by Crippen LogP contribution is 2.04. The number of esters is 1. The van der Waals surface area contributed by atoms with Crippen LogP contribution >= 0.6 is 0 Å². The first-order valence-corrected chi connectivity index (χ1v) is 5.50. The van der Waals surface area contributed by atoms with Crippen molar-refractivity contribution in [2.45, 2.75) is 52.5 Å². The summed E-state index contributed by atoms with van der Waals surface area (Å²) in [6.07, 6.45) is 3.66. The first-order valence-electron chi connectivity index (χ1n) is 5.50. The lowest BCUT2D eigenvalue weighted by atomic mass is 10.1. The Bertz CT molecular complexity index is 157. The van der Waals surface area contributed by atoms with Crippen LogP contribution < -0.4 is 5.73 Å². The molecule has 14 heavy (non-hydrogen) atoms. The molecule has 0 saturated carbocycles. The Morgan fingerprint density at radius 2 is 2.00 bits per heavy atom. The molecule has 0 amide bonds. The second kappa shape index (κ2) is 7.80. The smallest absolute Gasteiger partial charge is 0.322 e. The molecule has 0 unspecified atom stereocenters. The summed E-state index contributed by atoms with van der Waals surface area (Å²) in [5.74, 6) is 0.411. The van der Waals surface area contributed by atoms with Gasteiger partial charge in [-0.15, -0.1) is 0 Å². The average Bonchev–Trinajstić information content (AvgIpc) is 2.12. The van der Waals surface area contributed by atoms with Gasteiger partial charge in [-0.25, -0.2) is 0 Å². The largest absolute Gasteiger partial charge is 0.465 e. The number of hydrogen-bond donors (Lipinski definition) is 1. The molecule has 0 saturated heterocycles. The van der Waals surface area contributed by atoms with Crippen molar-refractivity contribution in [3.8, 4) is 0 Å². The second-order valence-corrected chi connectivity index (χ2v) is 4.10. The highest BCUT2D eigenvalue weighted by molar-refractivity contribution is 5.75. The van der Waals surface area contributed by atoms with Gasteiger partial charge in [0.05, 0.1) is 6.61 Å². The van der Waals surface area contributed by atoms with Crippen LogP contribution in [-0.4, -0.2) is 18.6 Å². The Hall–Kier alpha value is -0.570. The minimum absolute atomic E-state index is 0.254. The van der Waals surface area contributed by atoms with E-state index >= 15 is 0 Å². The van der Waals surface area contributed by atoms with E-state index in [0.717, 1.165) is 19.3 Å². The fraction of sp³-hybridized carbons (Fsp3) is 0.909. The lowest BCUT2D eigenvalue weighted by Crippen LogP contribution is -2.32. The molecule has 0 aliphatic heterocycles. The van der Waals surface area contributed by atoms with Gasteiger partial charge in [-0.3, -0.25) is 4.79 Å². The normalized spacial score (nSPS) is 12.9. The van der Waals surface area contributed by atoms with E-state index in [4.69, 9.17) is 10.5 Å². The summed E-state index contributed by atoms with van der Waals surface area (Å²) in [4.78, 5) is 11.2. The molecule has 2 N–H and O–H groups in total. The van der Waals surface area contributed by atoms with Crippen LogP contribution in [0.4, 0.5) is 0 Å². The van der Waals surface area contributed by atoms with E-state index in [1.165, 1.54) is 0 Å². The summed E-state index contributed by atoms with van der Waals surface area (Å²) >= 11 is 0. The molecule has 3 heteroatoms. The Balaban J connectivity index is 3.44. The fourth-order valence-electron chi connectivity index (χ4n) is 1.20. The van der Waals surface area contributed by atoms with Crippen molar-refractivity contribution >= 4 is 5.97 Å². The van der Waals surface area contributed by atoms with Crippen molar-refractivity contribution in [1.29, 1.82) is 0 Å². The molecule has 0 aliphatic rings. The molecular weight excluding hydrogens is 178 g/mol. The Labute approximate surface area is 87.0 Å². The molecular formula is C11H23NO2. The fourth-order valence-corrected chi connectivity index (χ4v) is 1.20. The summed E-state index contributed by atoms with van der Waals surface area (Å²) in [5.41, 5.74) is 5.60. The lowest BCUT2D eigenvalue weighted by Gasteiger charge is -2.10. The first kappa shape index (κ1) is 13.4. The number of rotatable bonds is 7. The predicted octanol–water partition coefficient (Wildman–Crippen LogP) is 2.09. The molecule has 3 nitrogen and oxygen atoms in total. The summed E-state index contributed by atoms with van der Waals surface area (Å²) in [6, 6.07) is -0.431. The van der Waals surface area contributed by atoms with E-state index in [0.29, 0.717) is 18.9 Å². The quantitative estimate of drug-likeness (QED) is 0.507. The van der Waals surface area contributed by atoms with Crippen LogP contribution in [0.15, 0.2) is 0 Å². The van der Waals surface area contributed by atoms with Crippen molar-refractivity contribution in [3.63, 3.8) is 0 Å². The van der Waals surface area contributed by atoms with Crippen molar-refractivity contribution in [2.75, 3.05) is 6.61 Å². The third kappa shape index (κ3) is 6.89. The monoisotopic (exact) mass is 201 g/mol. The van der Waals surface area contributed by atoms with Crippen LogP contribution in [0, 0.1) is 5.92 Å². The van der Waals surface area contributed by atoms with Crippen LogP contribution in [0.25, 0.3) is 0 Å². The van der Waals surface area contributed by atoms with Gasteiger partial charge >= 0.3 is 5.97 Å². The van der Waals surface area contributed by atoms with Gasteiger partial charge in [-0.2, -0.15) is 0 Å². The third-order valence-electron chi connectivity index (χ3n) is 2.07. The van der Waals surface area contributed by atoms with E-state index in [1.54, 1.807) is 0 Å². The van der Waals surface area contributed by atoms with Gasteiger partial charge in [0.1, 0.15) is 6.04 Å². The molecule has 0 radical (unpaired) electrons. The van der Waals surface area contributed by atoms with Gasteiger partial charge in [0.2, 0.25) is 0 Å². The van der Waals surface area contributed by atoms with Crippen LogP contribution in [-0.2, 0) is 9.53 Å². The lowest BCUT2D eigenvalue weighted by molar-refractivity contribution is -0.145. The molecule has 0 rings (SSSR count). The average molecular weight is 201 g/mol. The van der Waals surface area contributed by atoms with E-state index in [2.05, 4.69) is 13.8 Å². The van der Waals surface area contributed by atoms with Gasteiger partial charge in [-0.05, 0) is 25.2 Å². The van der Waals surface area contributed by atoms with Crippen molar-refractivity contribution in [1.82, 2.24) is 0 Å². The van der Waals surface area contributed by atoms with E-state index < -0.39 is 6.04 Å². The predicted molar refractivity (Wildman–Crippen MR) is 57.9 cm³/mol. The van der Waals surface area contributed by atoms with Gasteiger partial charge in [0.15, 0.2) is 0 Å². The topological polar surface area (TPSA) is 52.3 Å². The van der Waals surface area contributed by atoms with Gasteiger partial charge in [0.25, 0.3) is 0 Å². The molecule has 1 atom stereocenters. The number of nitrogens with two attached hydrogens (primary N) is 1. The summed E-state index contributed by atoms with van der Waals surface area (Å²) in [5, 5.41) is 0. The zero-order chi connectivity index (χ0) is 11.0. The molecule has 0 aromatic heterocycles. The molecule has 0 fully saturated rings. The first-order chi connectivity index (χ1) is 6.57. The van der Waals surface area contributed by atoms with E-state index in [9.17, 15) is 4.79 Å². The molecule has 0 heterocycles. The Kier molecular flexibility index (Phi) is 7.48. The van der Waals surface area contributed by atoms with Crippen LogP contribution in [0.1, 0.15) is 46.5 Å². The maximum Gasteiger partial charge on any atom is 0.322 e. The number of carbonyl (C=O) groups is 1. The van der Waals surface area contributed by atoms with Crippen molar-refractivity contribution < 1.29 is 9.53 Å². The summed E-state index contributed by atoms with van der Waals surface area (Å²) < 4.78 is 5.04. The molecule has 0 aromatic rings. The van der Waals surface area contributed by atoms with Crippen molar-refractivity contribution in [2.24, 2.45) is 11.7 Å². The van der Waals surface area contributed by atoms with Gasteiger partial charge in [-0.1, -0.05) is 27.2 Å². The SMILES string of the molecule is CCC[C@@H](N)C(=O)OCCCC(C)C. The second-order valence-electron chi connectivity index (χ2n) is 4.10. The van der Waals surface area contributed by atoms with Crippen LogP contribution in [0.5, 0.6) is 0 Å². The minimum Gasteiger partial charge on any atom is -0.465 e. The standard InChI is InChI=1S/C11H23NO2/c1-4-6-10(12)11(13)14-8-5-7-9(2)3/h9-10H,4-8,12H2,1-3H3/t10-/m1/s1. The zero-order valence-corrected chi connectivity index (χ0v) is 9.58. The third-order valence-corrected chi connectivity index (χ3v) is 2.07. The van der Waals surface area contributed by atoms with Gasteiger partial charge < -0.3 is 10.5 Å². The molecule has 84 valence electrons. The molecule has 0 bridgehead atoms. The molecule has 0 aromatic carbocycles. The highest BCUT2D eigenvalue weighted by Gasteiger charge is 2.12. The summed E-state index contributed by atoms with van der Waals surface area (Å²) in [6.45, 7) is 6.83. The molecule has 0 spiro atoms. The van der Waals surface area contributed by atoms with Crippen LogP contribution in [0.2, 0.25) is 0 Å². The number of carbonyl (C=O) groups excluding carboxylic acids is 1. The number of ether oxygens (including phenoxy) is 1. The van der Waals surface area contributed by atoms with E-state index in [1.807, 2.05) is 6.92 Å².